The Labute approximate surface area is 206 Å². The summed E-state index contributed by atoms with van der Waals surface area (Å²) in [5.41, 5.74) is -1.49. The Morgan fingerprint density at radius 3 is 2.28 bits per heavy atom. The first kappa shape index (κ1) is 25.5. The summed E-state index contributed by atoms with van der Waals surface area (Å²) in [4.78, 5) is 38.1. The molecule has 190 valence electrons. The zero-order chi connectivity index (χ0) is 25.7. The molecule has 2 heterocycles. The predicted molar refractivity (Wildman–Crippen MR) is 126 cm³/mol. The van der Waals surface area contributed by atoms with Crippen molar-refractivity contribution in [3.8, 4) is 0 Å². The van der Waals surface area contributed by atoms with Crippen LogP contribution in [0.3, 0.4) is 0 Å². The van der Waals surface area contributed by atoms with Gasteiger partial charge in [-0.2, -0.15) is 4.39 Å². The van der Waals surface area contributed by atoms with E-state index in [2.05, 4.69) is 0 Å². The van der Waals surface area contributed by atoms with Crippen LogP contribution in [-0.4, -0.2) is 39.9 Å². The summed E-state index contributed by atoms with van der Waals surface area (Å²) in [6, 6.07) is 18.8. The third-order valence-electron chi connectivity index (χ3n) is 5.84. The fourth-order valence-corrected chi connectivity index (χ4v) is 4.18. The highest BCUT2D eigenvalue weighted by molar-refractivity contribution is 5.66. The number of halogens is 1. The summed E-state index contributed by atoms with van der Waals surface area (Å²) < 4.78 is 38.9. The van der Waals surface area contributed by atoms with Gasteiger partial charge in [0.1, 0.15) is 11.7 Å². The number of ether oxygens (including phenoxy) is 4. The van der Waals surface area contributed by atoms with Crippen molar-refractivity contribution in [3.05, 3.63) is 105 Å². The van der Waals surface area contributed by atoms with Crippen LogP contribution in [-0.2, 0) is 37.0 Å². The number of aromatic amines is 1. The van der Waals surface area contributed by atoms with E-state index >= 15 is 0 Å². The van der Waals surface area contributed by atoms with Crippen molar-refractivity contribution in [2.75, 3.05) is 6.61 Å². The first-order valence-electron chi connectivity index (χ1n) is 11.4. The van der Waals surface area contributed by atoms with Crippen molar-refractivity contribution in [1.82, 2.24) is 9.55 Å². The van der Waals surface area contributed by atoms with Crippen molar-refractivity contribution in [1.29, 1.82) is 0 Å². The van der Waals surface area contributed by atoms with Crippen LogP contribution in [0, 0.1) is 5.82 Å². The first-order valence-corrected chi connectivity index (χ1v) is 11.4. The number of hydrogen-bond donors (Lipinski definition) is 1. The van der Waals surface area contributed by atoms with Gasteiger partial charge in [0.05, 0.1) is 26.0 Å². The Bertz CT molecular complexity index is 1290. The van der Waals surface area contributed by atoms with Crippen LogP contribution in [0.1, 0.15) is 31.2 Å². The van der Waals surface area contributed by atoms with E-state index < -0.39 is 47.1 Å². The Morgan fingerprint density at radius 2 is 1.67 bits per heavy atom. The van der Waals surface area contributed by atoms with Crippen molar-refractivity contribution in [3.63, 3.8) is 0 Å². The molecule has 1 saturated heterocycles. The molecule has 0 bridgehead atoms. The molecule has 2 aromatic carbocycles. The molecular weight excluding hydrogens is 471 g/mol. The zero-order valence-electron chi connectivity index (χ0n) is 19.9. The fourth-order valence-electron chi connectivity index (χ4n) is 4.18. The molecule has 1 aromatic heterocycles. The minimum Gasteiger partial charge on any atom is -0.455 e. The molecular formula is C26H27FN2O7. The molecule has 4 unspecified atom stereocenters. The lowest BCUT2D eigenvalue weighted by Crippen LogP contribution is -2.47. The summed E-state index contributed by atoms with van der Waals surface area (Å²) in [5, 5.41) is 0. The number of nitrogens with zero attached hydrogens (tertiary/aromatic N) is 1. The minimum atomic E-state index is -1.28. The molecule has 3 aromatic rings. The highest BCUT2D eigenvalue weighted by Gasteiger charge is 2.56. The summed E-state index contributed by atoms with van der Waals surface area (Å²) >= 11 is 0. The first-order chi connectivity index (χ1) is 17.3. The molecule has 0 amide bonds. The van der Waals surface area contributed by atoms with Crippen LogP contribution in [0.2, 0.25) is 0 Å². The number of aromatic nitrogens is 2. The molecule has 0 spiro atoms. The van der Waals surface area contributed by atoms with E-state index in [1.807, 2.05) is 65.6 Å². The summed E-state index contributed by atoms with van der Waals surface area (Å²) in [7, 11) is 0. The third-order valence-corrected chi connectivity index (χ3v) is 5.84. The standard InChI is InChI=1S/C26H27FN2O7/c1-17(30)35-21-22(34-15-19-11-7-4-8-12-19)26(2,16-33-14-18-9-5-3-6-10-18)36-24(21)29-13-20(27)23(31)28-25(29)32/h3-13,21-22,24H,14-16H2,1-2H3,(H,28,31,32). The van der Waals surface area contributed by atoms with Crippen LogP contribution in [0.5, 0.6) is 0 Å². The number of benzene rings is 2. The molecule has 1 N–H and O–H groups in total. The van der Waals surface area contributed by atoms with E-state index in [9.17, 15) is 18.8 Å². The van der Waals surface area contributed by atoms with Crippen LogP contribution in [0.4, 0.5) is 4.39 Å². The van der Waals surface area contributed by atoms with Gasteiger partial charge in [-0.15, -0.1) is 0 Å². The van der Waals surface area contributed by atoms with Crippen LogP contribution < -0.4 is 11.2 Å². The normalized spacial score (nSPS) is 23.5. The lowest BCUT2D eigenvalue weighted by molar-refractivity contribution is -0.159. The molecule has 0 saturated carbocycles. The van der Waals surface area contributed by atoms with Gasteiger partial charge in [0.2, 0.25) is 5.82 Å². The largest absolute Gasteiger partial charge is 0.455 e. The lowest BCUT2D eigenvalue weighted by Gasteiger charge is -2.31. The maximum Gasteiger partial charge on any atom is 0.330 e. The van der Waals surface area contributed by atoms with Gasteiger partial charge in [-0.1, -0.05) is 60.7 Å². The van der Waals surface area contributed by atoms with Crippen LogP contribution in [0.25, 0.3) is 0 Å². The van der Waals surface area contributed by atoms with Gasteiger partial charge in [0.15, 0.2) is 12.3 Å². The highest BCUT2D eigenvalue weighted by atomic mass is 19.1. The molecule has 1 aliphatic rings. The number of rotatable bonds is 9. The maximum atomic E-state index is 14.1. The smallest absolute Gasteiger partial charge is 0.330 e. The average molecular weight is 499 g/mol. The second-order valence-electron chi connectivity index (χ2n) is 8.73. The monoisotopic (exact) mass is 498 g/mol. The number of esters is 1. The average Bonchev–Trinajstić information content (AvgIpc) is 3.12. The van der Waals surface area contributed by atoms with Crippen molar-refractivity contribution < 1.29 is 28.1 Å². The Kier molecular flexibility index (Phi) is 7.78. The third kappa shape index (κ3) is 5.78. The summed E-state index contributed by atoms with van der Waals surface area (Å²) in [6.07, 6.45) is -2.59. The lowest BCUT2D eigenvalue weighted by atomic mass is 9.97. The van der Waals surface area contributed by atoms with Crippen LogP contribution >= 0.6 is 0 Å². The van der Waals surface area contributed by atoms with E-state index in [0.29, 0.717) is 0 Å². The molecule has 1 aliphatic heterocycles. The summed E-state index contributed by atoms with van der Waals surface area (Å²) in [5.74, 6) is -1.83. The molecule has 4 atom stereocenters. The Morgan fingerprint density at radius 1 is 1.06 bits per heavy atom. The van der Waals surface area contributed by atoms with Crippen LogP contribution in [0.15, 0.2) is 76.4 Å². The number of H-pyrrole nitrogens is 1. The van der Waals surface area contributed by atoms with E-state index in [1.54, 1.807) is 6.92 Å². The van der Waals surface area contributed by atoms with Gasteiger partial charge in [-0.3, -0.25) is 19.1 Å². The fraction of sp³-hybridized carbons (Fsp3) is 0.346. The SMILES string of the molecule is CC(=O)OC1C(n2cc(F)c(=O)[nH]c2=O)OC(C)(COCc2ccccc2)C1OCc1ccccc1. The minimum absolute atomic E-state index is 0.0101. The number of carbonyl (C=O) groups is 1. The Balaban J connectivity index is 1.66. The van der Waals surface area contributed by atoms with Gasteiger partial charge in [0.25, 0.3) is 5.56 Å². The second-order valence-corrected chi connectivity index (χ2v) is 8.73. The molecule has 0 radical (unpaired) electrons. The number of carbonyl (C=O) groups excluding carboxylic acids is 1. The van der Waals surface area contributed by atoms with Gasteiger partial charge in [0, 0.05) is 6.92 Å². The molecule has 4 rings (SSSR count). The van der Waals surface area contributed by atoms with E-state index in [-0.39, 0.29) is 19.8 Å². The molecule has 36 heavy (non-hydrogen) atoms. The van der Waals surface area contributed by atoms with Gasteiger partial charge >= 0.3 is 11.7 Å². The zero-order valence-corrected chi connectivity index (χ0v) is 19.9. The maximum absolute atomic E-state index is 14.1. The molecule has 9 nitrogen and oxygen atoms in total. The quantitative estimate of drug-likeness (QED) is 0.452. The van der Waals surface area contributed by atoms with Gasteiger partial charge < -0.3 is 18.9 Å². The Hall–Kier alpha value is -3.60. The predicted octanol–water partition coefficient (Wildman–Crippen LogP) is 2.70. The molecule has 10 heteroatoms. The van der Waals surface area contributed by atoms with Gasteiger partial charge in [-0.25, -0.2) is 4.79 Å². The molecule has 1 fully saturated rings. The van der Waals surface area contributed by atoms with Crippen molar-refractivity contribution in [2.45, 2.75) is 51.1 Å². The van der Waals surface area contributed by atoms with Crippen molar-refractivity contribution in [2.24, 2.45) is 0 Å². The second kappa shape index (κ2) is 11.0. The summed E-state index contributed by atoms with van der Waals surface area (Å²) in [6.45, 7) is 3.36. The molecule has 0 aliphatic carbocycles. The topological polar surface area (TPSA) is 109 Å². The number of nitrogens with one attached hydrogen (secondary N) is 1. The van der Waals surface area contributed by atoms with Gasteiger partial charge in [-0.05, 0) is 18.1 Å². The van der Waals surface area contributed by atoms with E-state index in [0.717, 1.165) is 21.9 Å². The van der Waals surface area contributed by atoms with Crippen molar-refractivity contribution >= 4 is 5.97 Å². The highest BCUT2D eigenvalue weighted by Crippen LogP contribution is 2.41. The number of hydrogen-bond acceptors (Lipinski definition) is 7. The van der Waals surface area contributed by atoms with E-state index in [1.165, 1.54) is 6.92 Å². The van der Waals surface area contributed by atoms with E-state index in [4.69, 9.17) is 18.9 Å².